The molecular weight excluding hydrogens is 312 g/mol. The topological polar surface area (TPSA) is 0 Å². The lowest BCUT2D eigenvalue weighted by Gasteiger charge is -2.28. The minimum Gasteiger partial charge on any atom is -0.0616 e. The van der Waals surface area contributed by atoms with Crippen molar-refractivity contribution < 1.29 is 0 Å². The summed E-state index contributed by atoms with van der Waals surface area (Å²) < 4.78 is 0. The molecule has 0 heterocycles. The van der Waals surface area contributed by atoms with Crippen LogP contribution in [0.15, 0.2) is 84.9 Å². The van der Waals surface area contributed by atoms with Gasteiger partial charge >= 0.3 is 0 Å². The zero-order valence-electron chi connectivity index (χ0n) is 14.5. The van der Waals surface area contributed by atoms with Gasteiger partial charge in [-0.05, 0) is 68.5 Å². The summed E-state index contributed by atoms with van der Waals surface area (Å²) >= 11 is 0. The minimum absolute atomic E-state index is 1.09. The Hall–Kier alpha value is -3.12. The van der Waals surface area contributed by atoms with Crippen LogP contribution in [0, 0.1) is 0 Å². The highest BCUT2D eigenvalue weighted by Crippen LogP contribution is 2.50. The second-order valence-corrected chi connectivity index (χ2v) is 7.27. The monoisotopic (exact) mass is 330 g/mol. The molecule has 0 saturated carbocycles. The molecule has 0 aromatic heterocycles. The van der Waals surface area contributed by atoms with Gasteiger partial charge in [-0.15, -0.1) is 0 Å². The van der Waals surface area contributed by atoms with Crippen LogP contribution in [0.1, 0.15) is 11.1 Å². The number of fused-ring (bicyclic) bond motifs is 8. The van der Waals surface area contributed by atoms with Crippen LogP contribution in [0.2, 0.25) is 0 Å². The Labute approximate surface area is 153 Å². The molecule has 0 spiro atoms. The Balaban J connectivity index is 1.34. The normalized spacial score (nSPS) is 12.2. The van der Waals surface area contributed by atoms with Gasteiger partial charge in [0.25, 0.3) is 0 Å². The Morgan fingerprint density at radius 2 is 0.731 bits per heavy atom. The van der Waals surface area contributed by atoms with Crippen molar-refractivity contribution in [2.45, 2.75) is 12.8 Å². The van der Waals surface area contributed by atoms with Crippen molar-refractivity contribution in [2.75, 3.05) is 0 Å². The van der Waals surface area contributed by atoms with Gasteiger partial charge < -0.3 is 0 Å². The third-order valence-electron chi connectivity index (χ3n) is 5.94. The molecule has 0 radical (unpaired) electrons. The lowest BCUT2D eigenvalue weighted by atomic mass is 9.75. The number of hydrogen-bond acceptors (Lipinski definition) is 0. The van der Waals surface area contributed by atoms with Gasteiger partial charge in [-0.1, -0.05) is 84.9 Å². The van der Waals surface area contributed by atoms with Gasteiger partial charge in [-0.2, -0.15) is 0 Å². The molecular formula is C26H18. The van der Waals surface area contributed by atoms with Crippen LogP contribution in [0.3, 0.4) is 0 Å². The first-order valence-corrected chi connectivity index (χ1v) is 9.35. The molecule has 0 bridgehead atoms. The van der Waals surface area contributed by atoms with Crippen molar-refractivity contribution in [3.05, 3.63) is 96.1 Å². The predicted octanol–water partition coefficient (Wildman–Crippen LogP) is 6.77. The van der Waals surface area contributed by atoms with Crippen LogP contribution in [0.5, 0.6) is 0 Å². The molecule has 0 aliphatic heterocycles. The van der Waals surface area contributed by atoms with E-state index in [9.17, 15) is 0 Å². The van der Waals surface area contributed by atoms with E-state index in [2.05, 4.69) is 84.9 Å². The molecule has 0 atom stereocenters. The molecule has 0 N–H and O–H groups in total. The van der Waals surface area contributed by atoms with Crippen LogP contribution in [0.25, 0.3) is 44.5 Å². The molecule has 26 heavy (non-hydrogen) atoms. The van der Waals surface area contributed by atoms with Crippen LogP contribution in [-0.2, 0) is 12.8 Å². The van der Waals surface area contributed by atoms with Gasteiger partial charge in [0.1, 0.15) is 0 Å². The van der Waals surface area contributed by atoms with E-state index in [1.165, 1.54) is 55.6 Å². The van der Waals surface area contributed by atoms with E-state index < -0.39 is 0 Å². The second-order valence-electron chi connectivity index (χ2n) is 7.27. The summed E-state index contributed by atoms with van der Waals surface area (Å²) in [7, 11) is 0. The maximum Gasteiger partial charge on any atom is -0.00667 e. The smallest absolute Gasteiger partial charge is 0.00667 e. The summed E-state index contributed by atoms with van der Waals surface area (Å²) in [6.45, 7) is 0. The van der Waals surface area contributed by atoms with Crippen molar-refractivity contribution in [1.29, 1.82) is 0 Å². The third kappa shape index (κ3) is 1.79. The first-order chi connectivity index (χ1) is 12.9. The Bertz CT molecular complexity index is 1090. The van der Waals surface area contributed by atoms with Crippen molar-refractivity contribution in [1.82, 2.24) is 0 Å². The average Bonchev–Trinajstić information content (AvgIpc) is 2.68. The van der Waals surface area contributed by atoms with E-state index in [4.69, 9.17) is 0 Å². The number of rotatable bonds is 3. The van der Waals surface area contributed by atoms with Crippen molar-refractivity contribution in [2.24, 2.45) is 0 Å². The van der Waals surface area contributed by atoms with E-state index >= 15 is 0 Å². The number of aryl methyl sites for hydroxylation is 2. The van der Waals surface area contributed by atoms with E-state index in [1.807, 2.05) is 0 Å². The lowest BCUT2D eigenvalue weighted by Crippen LogP contribution is -2.06. The maximum absolute atomic E-state index is 2.30. The molecule has 2 aliphatic carbocycles. The molecule has 6 rings (SSSR count). The summed E-state index contributed by atoms with van der Waals surface area (Å²) in [6, 6.07) is 31.1. The van der Waals surface area contributed by atoms with E-state index in [1.54, 1.807) is 0 Å². The molecule has 0 heteroatoms. The van der Waals surface area contributed by atoms with Gasteiger partial charge in [-0.25, -0.2) is 0 Å². The summed E-state index contributed by atoms with van der Waals surface area (Å²) in [4.78, 5) is 0. The van der Waals surface area contributed by atoms with E-state index in [0.717, 1.165) is 12.8 Å². The summed E-state index contributed by atoms with van der Waals surface area (Å²) in [5.41, 5.74) is 14.4. The maximum atomic E-state index is 2.30. The number of hydrogen-bond donors (Lipinski definition) is 0. The Morgan fingerprint density at radius 3 is 1.19 bits per heavy atom. The molecule has 4 aromatic rings. The van der Waals surface area contributed by atoms with Gasteiger partial charge in [0, 0.05) is 0 Å². The molecule has 0 nitrogen and oxygen atoms in total. The van der Waals surface area contributed by atoms with Crippen molar-refractivity contribution >= 4 is 0 Å². The average molecular weight is 330 g/mol. The van der Waals surface area contributed by atoms with Gasteiger partial charge in [0.05, 0.1) is 0 Å². The first kappa shape index (κ1) is 14.1. The van der Waals surface area contributed by atoms with Crippen LogP contribution >= 0.6 is 0 Å². The Morgan fingerprint density at radius 1 is 0.346 bits per heavy atom. The summed E-state index contributed by atoms with van der Waals surface area (Å²) in [5, 5.41) is 0. The van der Waals surface area contributed by atoms with E-state index in [0.29, 0.717) is 0 Å². The largest absolute Gasteiger partial charge is 0.0616 e. The fourth-order valence-electron chi connectivity index (χ4n) is 4.72. The molecule has 0 amide bonds. The highest BCUT2D eigenvalue weighted by molar-refractivity contribution is 6.04. The highest BCUT2D eigenvalue weighted by atomic mass is 14.3. The highest BCUT2D eigenvalue weighted by Gasteiger charge is 2.26. The van der Waals surface area contributed by atoms with Gasteiger partial charge in [0.2, 0.25) is 0 Å². The van der Waals surface area contributed by atoms with Gasteiger partial charge in [0.15, 0.2) is 0 Å². The molecule has 0 fully saturated rings. The fraction of sp³-hybridized carbons (Fsp3) is 0.0769. The standard InChI is InChI=1S/C26H18/c1-3-11-21-19(9-1)23-13-5-7-17(25(21)23)15-16-18-8-6-14-24-20-10-2-4-12-22(20)26(18)24/h1-14H,15-16H2. The third-order valence-corrected chi connectivity index (χ3v) is 5.94. The SMILES string of the molecule is c1ccc2c(c1)-c1cccc(CCc3cccc4c3-c3ccccc3-4)c1-2. The van der Waals surface area contributed by atoms with Crippen LogP contribution in [-0.4, -0.2) is 0 Å². The fourth-order valence-corrected chi connectivity index (χ4v) is 4.72. The number of benzene rings is 4. The molecule has 122 valence electrons. The molecule has 2 aliphatic rings. The quantitative estimate of drug-likeness (QED) is 0.336. The summed E-state index contributed by atoms with van der Waals surface area (Å²) in [6.07, 6.45) is 2.19. The van der Waals surface area contributed by atoms with Gasteiger partial charge in [-0.3, -0.25) is 0 Å². The van der Waals surface area contributed by atoms with Crippen molar-refractivity contribution in [3.63, 3.8) is 0 Å². The Kier molecular flexibility index (Phi) is 2.81. The van der Waals surface area contributed by atoms with Crippen molar-refractivity contribution in [3.8, 4) is 44.5 Å². The lowest BCUT2D eigenvalue weighted by molar-refractivity contribution is 0.961. The zero-order valence-corrected chi connectivity index (χ0v) is 14.5. The van der Waals surface area contributed by atoms with Crippen LogP contribution < -0.4 is 0 Å². The summed E-state index contributed by atoms with van der Waals surface area (Å²) in [5.74, 6) is 0. The second kappa shape index (κ2) is 5.19. The zero-order chi connectivity index (χ0) is 17.1. The van der Waals surface area contributed by atoms with E-state index in [-0.39, 0.29) is 0 Å². The molecule has 0 unspecified atom stereocenters. The first-order valence-electron chi connectivity index (χ1n) is 9.35. The minimum atomic E-state index is 1.09. The molecule has 4 aromatic carbocycles. The predicted molar refractivity (Wildman–Crippen MR) is 109 cm³/mol. The molecule has 0 saturated heterocycles. The van der Waals surface area contributed by atoms with Crippen LogP contribution in [0.4, 0.5) is 0 Å².